The van der Waals surface area contributed by atoms with Crippen molar-refractivity contribution in [1.29, 1.82) is 0 Å². The van der Waals surface area contributed by atoms with Crippen LogP contribution in [0.25, 0.3) is 0 Å². The molecule has 0 bridgehead atoms. The normalized spacial score (nSPS) is 12.7. The van der Waals surface area contributed by atoms with E-state index in [1.54, 1.807) is 6.92 Å². The second-order valence-corrected chi connectivity index (χ2v) is 15.3. The Morgan fingerprint density at radius 2 is 0.622 bits per heavy atom. The lowest BCUT2D eigenvalue weighted by molar-refractivity contribution is -0.0502. The smallest absolute Gasteiger partial charge is 0.367 e. The van der Waals surface area contributed by atoms with E-state index in [9.17, 15) is 9.67 Å². The lowest BCUT2D eigenvalue weighted by Crippen LogP contribution is -2.12. The summed E-state index contributed by atoms with van der Waals surface area (Å²) in [4.78, 5) is 0. The van der Waals surface area contributed by atoms with Gasteiger partial charge in [0.1, 0.15) is 0 Å². The average molecular weight is 661 g/mol. The van der Waals surface area contributed by atoms with Crippen molar-refractivity contribution in [2.45, 2.75) is 239 Å². The van der Waals surface area contributed by atoms with Gasteiger partial charge in [0.05, 0.1) is 13.2 Å². The van der Waals surface area contributed by atoms with Crippen molar-refractivity contribution in [3.8, 4) is 0 Å². The highest BCUT2D eigenvalue weighted by Gasteiger charge is 2.29. The minimum absolute atomic E-state index is 0.352. The van der Waals surface area contributed by atoms with Crippen LogP contribution in [0, 0.1) is 0 Å². The third kappa shape index (κ3) is 35.2. The maximum Gasteiger partial charge on any atom is 0.477 e. The molecule has 6 heteroatoms. The first kappa shape index (κ1) is 45.1. The molecule has 0 aromatic carbocycles. The molecule has 5 nitrogen and oxygen atoms in total. The highest BCUT2D eigenvalue weighted by atomic mass is 31.2. The number of hydrogen-bond acceptors (Lipinski definition) is 5. The third-order valence-corrected chi connectivity index (χ3v) is 10.6. The van der Waals surface area contributed by atoms with Gasteiger partial charge in [0, 0.05) is 0 Å². The molecular formula is C39H81O5P. The van der Waals surface area contributed by atoms with E-state index in [4.69, 9.17) is 13.6 Å². The SMILES string of the molecule is CCCCCCCCCCCCCCCCCCOP(=O)(OCCCCCCCCCCCCCCCCCC)OC(O)CC. The van der Waals surface area contributed by atoms with Gasteiger partial charge < -0.3 is 5.11 Å². The lowest BCUT2D eigenvalue weighted by Gasteiger charge is -2.20. The fourth-order valence-electron chi connectivity index (χ4n) is 5.97. The molecule has 1 atom stereocenters. The zero-order chi connectivity index (χ0) is 32.9. The van der Waals surface area contributed by atoms with Crippen LogP contribution in [-0.2, 0) is 18.1 Å². The molecule has 0 saturated carbocycles. The topological polar surface area (TPSA) is 65.0 Å². The van der Waals surface area contributed by atoms with E-state index in [0.717, 1.165) is 25.7 Å². The molecule has 0 aliphatic carbocycles. The van der Waals surface area contributed by atoms with Crippen molar-refractivity contribution in [2.24, 2.45) is 0 Å². The predicted octanol–water partition coefficient (Wildman–Crippen LogP) is 14.4. The molecular weight excluding hydrogens is 579 g/mol. The maximum absolute atomic E-state index is 13.1. The van der Waals surface area contributed by atoms with Gasteiger partial charge in [-0.05, 0) is 19.3 Å². The second kappa shape index (κ2) is 36.9. The molecule has 0 fully saturated rings. The standard InChI is InChI=1S/C39H81O5P/c1-4-7-9-11-13-15-17-19-21-23-25-27-29-31-33-35-37-42-45(41,44-39(40)6-3)43-38-36-34-32-30-28-26-24-22-20-18-16-14-12-10-8-5-2/h39-40H,4-38H2,1-3H3. The van der Waals surface area contributed by atoms with Crippen molar-refractivity contribution in [3.05, 3.63) is 0 Å². The highest BCUT2D eigenvalue weighted by molar-refractivity contribution is 7.48. The van der Waals surface area contributed by atoms with Gasteiger partial charge in [-0.1, -0.05) is 213 Å². The summed E-state index contributed by atoms with van der Waals surface area (Å²) >= 11 is 0. The van der Waals surface area contributed by atoms with Crippen molar-refractivity contribution in [3.63, 3.8) is 0 Å². The van der Waals surface area contributed by atoms with E-state index in [-0.39, 0.29) is 0 Å². The Morgan fingerprint density at radius 3 is 0.844 bits per heavy atom. The van der Waals surface area contributed by atoms with Gasteiger partial charge in [0.25, 0.3) is 0 Å². The summed E-state index contributed by atoms with van der Waals surface area (Å²) in [5.74, 6) is 0. The van der Waals surface area contributed by atoms with E-state index >= 15 is 0 Å². The van der Waals surface area contributed by atoms with Crippen molar-refractivity contribution in [2.75, 3.05) is 13.2 Å². The second-order valence-electron chi connectivity index (χ2n) is 13.7. The van der Waals surface area contributed by atoms with Gasteiger partial charge >= 0.3 is 7.82 Å². The van der Waals surface area contributed by atoms with Crippen LogP contribution in [0.2, 0.25) is 0 Å². The number of aliphatic hydroxyl groups is 1. The number of phosphoric ester groups is 1. The van der Waals surface area contributed by atoms with Crippen LogP contribution in [0.1, 0.15) is 233 Å². The average Bonchev–Trinajstić information content (AvgIpc) is 3.04. The molecule has 0 rings (SSSR count). The Labute approximate surface area is 282 Å². The molecule has 0 aromatic rings. The van der Waals surface area contributed by atoms with Crippen LogP contribution in [0.5, 0.6) is 0 Å². The van der Waals surface area contributed by atoms with E-state index in [1.807, 2.05) is 0 Å². The van der Waals surface area contributed by atoms with Gasteiger partial charge in [0.2, 0.25) is 0 Å². The molecule has 0 heterocycles. The fourth-order valence-corrected chi connectivity index (χ4v) is 7.32. The van der Waals surface area contributed by atoms with E-state index in [0.29, 0.717) is 19.6 Å². The summed E-state index contributed by atoms with van der Waals surface area (Å²) < 4.78 is 29.6. The number of phosphoric acid groups is 1. The third-order valence-electron chi connectivity index (χ3n) is 9.09. The summed E-state index contributed by atoms with van der Waals surface area (Å²) in [6.07, 6.45) is 41.3. The Balaban J connectivity index is 3.68. The molecule has 1 unspecified atom stereocenters. The first-order valence-electron chi connectivity index (χ1n) is 20.3. The van der Waals surface area contributed by atoms with E-state index in [1.165, 1.54) is 180 Å². The summed E-state index contributed by atoms with van der Waals surface area (Å²) in [7, 11) is -3.72. The Morgan fingerprint density at radius 1 is 0.400 bits per heavy atom. The number of hydrogen-bond donors (Lipinski definition) is 1. The molecule has 272 valence electrons. The summed E-state index contributed by atoms with van der Waals surface area (Å²) in [6, 6.07) is 0. The van der Waals surface area contributed by atoms with Gasteiger partial charge in [-0.15, -0.1) is 0 Å². The minimum Gasteiger partial charge on any atom is -0.367 e. The summed E-state index contributed by atoms with van der Waals surface area (Å²) in [5, 5.41) is 9.93. The number of rotatable bonds is 39. The van der Waals surface area contributed by atoms with Crippen LogP contribution >= 0.6 is 7.82 Å². The van der Waals surface area contributed by atoms with Crippen LogP contribution in [0.3, 0.4) is 0 Å². The van der Waals surface area contributed by atoms with Crippen LogP contribution < -0.4 is 0 Å². The van der Waals surface area contributed by atoms with Crippen molar-refractivity contribution in [1.82, 2.24) is 0 Å². The van der Waals surface area contributed by atoms with Crippen LogP contribution in [0.15, 0.2) is 0 Å². The largest absolute Gasteiger partial charge is 0.477 e. The lowest BCUT2D eigenvalue weighted by atomic mass is 10.0. The molecule has 0 amide bonds. The first-order valence-corrected chi connectivity index (χ1v) is 21.8. The van der Waals surface area contributed by atoms with Gasteiger partial charge in [-0.2, -0.15) is 0 Å². The zero-order valence-corrected chi connectivity index (χ0v) is 31.7. The molecule has 0 spiro atoms. The van der Waals surface area contributed by atoms with Crippen LogP contribution in [-0.4, -0.2) is 24.6 Å². The summed E-state index contributed by atoms with van der Waals surface area (Å²) in [5.41, 5.74) is 0. The van der Waals surface area contributed by atoms with Crippen LogP contribution in [0.4, 0.5) is 0 Å². The van der Waals surface area contributed by atoms with Crippen molar-refractivity contribution >= 4 is 7.82 Å². The fraction of sp³-hybridized carbons (Fsp3) is 1.00. The molecule has 0 aromatic heterocycles. The molecule has 0 saturated heterocycles. The predicted molar refractivity (Wildman–Crippen MR) is 196 cm³/mol. The minimum atomic E-state index is -3.72. The Bertz CT molecular complexity index is 560. The monoisotopic (exact) mass is 661 g/mol. The Kier molecular flexibility index (Phi) is 37.0. The van der Waals surface area contributed by atoms with Gasteiger partial charge in [-0.25, -0.2) is 4.57 Å². The quantitative estimate of drug-likeness (QED) is 0.0404. The number of aliphatic hydroxyl groups excluding tert-OH is 1. The summed E-state index contributed by atoms with van der Waals surface area (Å²) in [6.45, 7) is 7.06. The van der Waals surface area contributed by atoms with Gasteiger partial charge in [0.15, 0.2) is 6.29 Å². The first-order chi connectivity index (χ1) is 22.1. The maximum atomic E-state index is 13.1. The van der Waals surface area contributed by atoms with E-state index in [2.05, 4.69) is 13.8 Å². The number of unbranched alkanes of at least 4 members (excludes halogenated alkanes) is 30. The highest BCUT2D eigenvalue weighted by Crippen LogP contribution is 2.51. The van der Waals surface area contributed by atoms with Crippen molar-refractivity contribution < 1.29 is 23.2 Å². The molecule has 0 aliphatic rings. The molecule has 0 radical (unpaired) electrons. The van der Waals surface area contributed by atoms with Gasteiger partial charge in [-0.3, -0.25) is 13.6 Å². The molecule has 1 N–H and O–H groups in total. The Hall–Kier alpha value is 0.0700. The van der Waals surface area contributed by atoms with E-state index < -0.39 is 14.1 Å². The molecule has 45 heavy (non-hydrogen) atoms. The zero-order valence-electron chi connectivity index (χ0n) is 30.9. The molecule has 0 aliphatic heterocycles.